The van der Waals surface area contributed by atoms with Crippen LogP contribution in [0.4, 0.5) is 11.4 Å². The van der Waals surface area contributed by atoms with Crippen LogP contribution >= 0.6 is 11.8 Å². The number of nitrogens with zero attached hydrogens (tertiary/aromatic N) is 2. The summed E-state index contributed by atoms with van der Waals surface area (Å²) in [7, 11) is 3.23. The Morgan fingerprint density at radius 2 is 2.00 bits per heavy atom. The molecule has 0 bridgehead atoms. The fourth-order valence-electron chi connectivity index (χ4n) is 2.92. The van der Waals surface area contributed by atoms with Crippen molar-refractivity contribution in [1.82, 2.24) is 4.90 Å². The van der Waals surface area contributed by atoms with Gasteiger partial charge in [0.2, 0.25) is 18.6 Å². The maximum Gasteiger partial charge on any atom is 0.242 e. The Kier molecular flexibility index (Phi) is 5.30. The molecule has 2 heterocycles. The van der Waals surface area contributed by atoms with Gasteiger partial charge < -0.3 is 19.5 Å². The lowest BCUT2D eigenvalue weighted by Gasteiger charge is -2.09. The van der Waals surface area contributed by atoms with Crippen molar-refractivity contribution in [2.45, 2.75) is 11.7 Å². The number of hydrogen-bond donors (Lipinski definition) is 1. The van der Waals surface area contributed by atoms with Crippen LogP contribution in [0.1, 0.15) is 6.42 Å². The van der Waals surface area contributed by atoms with Gasteiger partial charge in [-0.25, -0.2) is 4.99 Å². The largest absolute Gasteiger partial charge is 0.497 e. The summed E-state index contributed by atoms with van der Waals surface area (Å²) >= 11 is 1.27. The van der Waals surface area contributed by atoms with Crippen LogP contribution < -0.4 is 19.5 Å². The van der Waals surface area contributed by atoms with E-state index >= 15 is 0 Å². The number of ether oxygens (including phenoxy) is 3. The molecular formula is C20H19N3O5S. The zero-order chi connectivity index (χ0) is 20.4. The summed E-state index contributed by atoms with van der Waals surface area (Å²) in [6.45, 7) is 0.188. The van der Waals surface area contributed by atoms with Gasteiger partial charge in [-0.2, -0.15) is 0 Å². The Hall–Kier alpha value is -3.20. The second-order valence-electron chi connectivity index (χ2n) is 6.42. The van der Waals surface area contributed by atoms with E-state index in [1.165, 1.54) is 16.7 Å². The number of carbonyl (C=O) groups is 2. The summed E-state index contributed by atoms with van der Waals surface area (Å²) < 4.78 is 15.7. The molecule has 2 aliphatic rings. The van der Waals surface area contributed by atoms with Crippen molar-refractivity contribution in [3.63, 3.8) is 0 Å². The standard InChI is InChI=1S/C20H19N3O5S/c1-23-19(25)17(10-18(24)21-12-3-6-14(26-2)7-4-12)29-20(23)22-13-5-8-15-16(9-13)28-11-27-15/h3-9,17H,10-11H2,1-2H3,(H,21,24)/t17-/m0/s1. The molecule has 1 saturated heterocycles. The van der Waals surface area contributed by atoms with Crippen molar-refractivity contribution in [3.8, 4) is 17.2 Å². The average molecular weight is 413 g/mol. The van der Waals surface area contributed by atoms with E-state index in [2.05, 4.69) is 10.3 Å². The normalized spacial score (nSPS) is 19.0. The number of amidine groups is 1. The lowest BCUT2D eigenvalue weighted by atomic mass is 10.2. The minimum absolute atomic E-state index is 0.0556. The van der Waals surface area contributed by atoms with Gasteiger partial charge in [0.05, 0.1) is 12.8 Å². The summed E-state index contributed by atoms with van der Waals surface area (Å²) in [6, 6.07) is 12.4. The number of anilines is 1. The minimum atomic E-state index is -0.522. The first-order valence-corrected chi connectivity index (χ1v) is 9.78. The van der Waals surface area contributed by atoms with Gasteiger partial charge in [-0.05, 0) is 36.4 Å². The van der Waals surface area contributed by atoms with E-state index in [1.54, 1.807) is 56.6 Å². The topological polar surface area (TPSA) is 89.5 Å². The highest BCUT2D eigenvalue weighted by atomic mass is 32.2. The van der Waals surface area contributed by atoms with E-state index in [1.807, 2.05) is 0 Å². The van der Waals surface area contributed by atoms with E-state index in [9.17, 15) is 9.59 Å². The van der Waals surface area contributed by atoms with Gasteiger partial charge in [0.1, 0.15) is 11.0 Å². The maximum atomic E-state index is 12.5. The van der Waals surface area contributed by atoms with Crippen LogP contribution in [0.5, 0.6) is 17.2 Å². The van der Waals surface area contributed by atoms with Gasteiger partial charge in [0, 0.05) is 25.2 Å². The van der Waals surface area contributed by atoms with Crippen molar-refractivity contribution in [2.75, 3.05) is 26.3 Å². The highest BCUT2D eigenvalue weighted by Crippen LogP contribution is 2.37. The first kappa shape index (κ1) is 19.1. The van der Waals surface area contributed by atoms with Crippen molar-refractivity contribution in [2.24, 2.45) is 4.99 Å². The fourth-order valence-corrected chi connectivity index (χ4v) is 4.07. The lowest BCUT2D eigenvalue weighted by molar-refractivity contribution is -0.127. The van der Waals surface area contributed by atoms with Crippen LogP contribution in [0, 0.1) is 0 Å². The van der Waals surface area contributed by atoms with E-state index < -0.39 is 5.25 Å². The van der Waals surface area contributed by atoms with Gasteiger partial charge in [0.25, 0.3) is 0 Å². The predicted molar refractivity (Wildman–Crippen MR) is 110 cm³/mol. The number of thioether (sulfide) groups is 1. The molecular weight excluding hydrogens is 394 g/mol. The van der Waals surface area contributed by atoms with E-state index in [0.29, 0.717) is 33.8 Å². The molecule has 0 radical (unpaired) electrons. The summed E-state index contributed by atoms with van der Waals surface area (Å²) in [5, 5.41) is 2.82. The molecule has 9 heteroatoms. The van der Waals surface area contributed by atoms with Gasteiger partial charge >= 0.3 is 0 Å². The Labute approximate surface area is 171 Å². The SMILES string of the molecule is COc1ccc(NC(=O)C[C@@H]2SC(=Nc3ccc4c(c3)OCO4)N(C)C2=O)cc1. The molecule has 1 N–H and O–H groups in total. The third-order valence-corrected chi connectivity index (χ3v) is 5.69. The van der Waals surface area contributed by atoms with Crippen LogP contribution in [0.15, 0.2) is 47.5 Å². The third-order valence-electron chi connectivity index (χ3n) is 4.47. The number of amides is 2. The van der Waals surface area contributed by atoms with E-state index in [0.717, 1.165) is 0 Å². The summed E-state index contributed by atoms with van der Waals surface area (Å²) in [5.41, 5.74) is 1.30. The number of rotatable bonds is 5. The first-order valence-electron chi connectivity index (χ1n) is 8.90. The Bertz CT molecular complexity index is 977. The monoisotopic (exact) mass is 413 g/mol. The number of methoxy groups -OCH3 is 1. The number of nitrogens with one attached hydrogen (secondary N) is 1. The quantitative estimate of drug-likeness (QED) is 0.811. The minimum Gasteiger partial charge on any atom is -0.497 e. The molecule has 1 fully saturated rings. The molecule has 0 unspecified atom stereocenters. The molecule has 2 amide bonds. The van der Waals surface area contributed by atoms with Crippen molar-refractivity contribution in [1.29, 1.82) is 0 Å². The Morgan fingerprint density at radius 3 is 2.76 bits per heavy atom. The van der Waals surface area contributed by atoms with Gasteiger partial charge in [0.15, 0.2) is 16.7 Å². The average Bonchev–Trinajstić information content (AvgIpc) is 3.29. The zero-order valence-corrected chi connectivity index (χ0v) is 16.7. The Morgan fingerprint density at radius 1 is 1.24 bits per heavy atom. The molecule has 8 nitrogen and oxygen atoms in total. The lowest BCUT2D eigenvalue weighted by Crippen LogP contribution is -2.30. The highest BCUT2D eigenvalue weighted by Gasteiger charge is 2.37. The second kappa shape index (κ2) is 8.04. The van der Waals surface area contributed by atoms with Gasteiger partial charge in [-0.15, -0.1) is 0 Å². The molecule has 150 valence electrons. The molecule has 0 aromatic heterocycles. The van der Waals surface area contributed by atoms with Crippen LogP contribution in [-0.2, 0) is 9.59 Å². The number of aliphatic imine (C=N–C) groups is 1. The van der Waals surface area contributed by atoms with Crippen LogP contribution in [-0.4, -0.2) is 48.1 Å². The highest BCUT2D eigenvalue weighted by molar-refractivity contribution is 8.15. The van der Waals surface area contributed by atoms with Crippen molar-refractivity contribution in [3.05, 3.63) is 42.5 Å². The maximum absolute atomic E-state index is 12.5. The number of hydrogen-bond acceptors (Lipinski definition) is 7. The molecule has 4 rings (SSSR count). The smallest absolute Gasteiger partial charge is 0.242 e. The number of fused-ring (bicyclic) bond motifs is 1. The molecule has 0 saturated carbocycles. The van der Waals surface area contributed by atoms with Gasteiger partial charge in [-0.3, -0.25) is 14.5 Å². The van der Waals surface area contributed by atoms with Gasteiger partial charge in [-0.1, -0.05) is 11.8 Å². The van der Waals surface area contributed by atoms with Crippen LogP contribution in [0.3, 0.4) is 0 Å². The molecule has 2 aliphatic heterocycles. The Balaban J connectivity index is 1.41. The fraction of sp³-hybridized carbons (Fsp3) is 0.250. The van der Waals surface area contributed by atoms with E-state index in [4.69, 9.17) is 14.2 Å². The van der Waals surface area contributed by atoms with Crippen LogP contribution in [0.2, 0.25) is 0 Å². The first-order chi connectivity index (χ1) is 14.0. The zero-order valence-electron chi connectivity index (χ0n) is 15.9. The summed E-state index contributed by atoms with van der Waals surface area (Å²) in [6.07, 6.45) is 0.0556. The molecule has 2 aromatic rings. The van der Waals surface area contributed by atoms with E-state index in [-0.39, 0.29) is 25.0 Å². The third kappa shape index (κ3) is 4.14. The number of carbonyl (C=O) groups excluding carboxylic acids is 2. The van der Waals surface area contributed by atoms with Crippen molar-refractivity contribution >= 4 is 40.1 Å². The number of benzene rings is 2. The summed E-state index contributed by atoms with van der Waals surface area (Å²) in [4.78, 5) is 30.9. The van der Waals surface area contributed by atoms with Crippen LogP contribution in [0.25, 0.3) is 0 Å². The molecule has 0 spiro atoms. The van der Waals surface area contributed by atoms with Crippen molar-refractivity contribution < 1.29 is 23.8 Å². The summed E-state index contributed by atoms with van der Waals surface area (Å²) in [5.74, 6) is 1.61. The molecule has 2 aromatic carbocycles. The molecule has 29 heavy (non-hydrogen) atoms. The molecule has 0 aliphatic carbocycles. The second-order valence-corrected chi connectivity index (χ2v) is 7.59. The predicted octanol–water partition coefficient (Wildman–Crippen LogP) is 3.01. The molecule has 1 atom stereocenters.